The van der Waals surface area contributed by atoms with E-state index in [-0.39, 0.29) is 12.1 Å². The molecule has 0 aromatic carbocycles. The number of morpholine rings is 1. The summed E-state index contributed by atoms with van der Waals surface area (Å²) in [6.45, 7) is 10.6. The molecule has 2 rings (SSSR count). The summed E-state index contributed by atoms with van der Waals surface area (Å²) in [6.07, 6.45) is 2.53. The summed E-state index contributed by atoms with van der Waals surface area (Å²) >= 11 is 0. The lowest BCUT2D eigenvalue weighted by Crippen LogP contribution is -2.54. The minimum absolute atomic E-state index is 0.134. The molecule has 5 heteroatoms. The summed E-state index contributed by atoms with van der Waals surface area (Å²) < 4.78 is 5.91. The zero-order valence-corrected chi connectivity index (χ0v) is 13.3. The molecule has 2 fully saturated rings. The van der Waals surface area contributed by atoms with Gasteiger partial charge in [-0.3, -0.25) is 4.90 Å². The van der Waals surface area contributed by atoms with Crippen LogP contribution >= 0.6 is 0 Å². The van der Waals surface area contributed by atoms with E-state index in [0.717, 1.165) is 32.8 Å². The number of carbonyl (C=O) groups is 1. The van der Waals surface area contributed by atoms with Crippen LogP contribution in [-0.4, -0.2) is 78.8 Å². The van der Waals surface area contributed by atoms with Crippen molar-refractivity contribution in [2.45, 2.75) is 51.8 Å². The fourth-order valence-corrected chi connectivity index (χ4v) is 3.46. The fourth-order valence-electron chi connectivity index (χ4n) is 3.46. The van der Waals surface area contributed by atoms with E-state index in [0.29, 0.717) is 12.1 Å². The highest BCUT2D eigenvalue weighted by molar-refractivity contribution is 5.74. The van der Waals surface area contributed by atoms with E-state index in [1.165, 1.54) is 12.8 Å². The Morgan fingerprint density at radius 3 is 2.60 bits per heavy atom. The number of likely N-dealkylation sites (tertiary alicyclic amines) is 1. The summed E-state index contributed by atoms with van der Waals surface area (Å²) in [5, 5.41) is 0. The number of rotatable bonds is 4. The maximum atomic E-state index is 12.3. The third-order valence-electron chi connectivity index (χ3n) is 4.83. The van der Waals surface area contributed by atoms with Crippen molar-refractivity contribution in [3.8, 4) is 0 Å². The molecule has 2 aliphatic heterocycles. The van der Waals surface area contributed by atoms with E-state index in [9.17, 15) is 4.79 Å². The molecule has 2 unspecified atom stereocenters. The van der Waals surface area contributed by atoms with Gasteiger partial charge in [-0.15, -0.1) is 0 Å². The predicted octanol–water partition coefficient (Wildman–Crippen LogP) is 1.63. The summed E-state index contributed by atoms with van der Waals surface area (Å²) in [4.78, 5) is 18.6. The quantitative estimate of drug-likeness (QED) is 0.787. The van der Waals surface area contributed by atoms with Gasteiger partial charge in [-0.05, 0) is 19.8 Å². The van der Waals surface area contributed by atoms with Gasteiger partial charge < -0.3 is 14.5 Å². The Bertz CT molecular complexity index is 333. The van der Waals surface area contributed by atoms with Crippen molar-refractivity contribution >= 4 is 6.03 Å². The Morgan fingerprint density at radius 2 is 2.00 bits per heavy atom. The average Bonchev–Trinajstić information content (AvgIpc) is 2.91. The Hall–Kier alpha value is -0.810. The number of hydrogen-bond donors (Lipinski definition) is 0. The lowest BCUT2D eigenvalue weighted by Gasteiger charge is -2.41. The first-order valence-electron chi connectivity index (χ1n) is 7.99. The van der Waals surface area contributed by atoms with Crippen molar-refractivity contribution in [2.24, 2.45) is 0 Å². The monoisotopic (exact) mass is 283 g/mol. The standard InChI is InChI=1S/C15H29N3O2/c1-5-12(6-2)18-8-9-20-14-11-17(10-13(14)18)15(19)16(4)7-3/h12-14H,5-11H2,1-4H3. The molecule has 0 saturated carbocycles. The van der Waals surface area contributed by atoms with Crippen molar-refractivity contribution in [1.82, 2.24) is 14.7 Å². The predicted molar refractivity (Wildman–Crippen MR) is 79.9 cm³/mol. The molecule has 0 N–H and O–H groups in total. The number of urea groups is 1. The molecule has 0 aromatic rings. The molecule has 2 atom stereocenters. The van der Waals surface area contributed by atoms with Crippen LogP contribution in [0.1, 0.15) is 33.6 Å². The van der Waals surface area contributed by atoms with Crippen molar-refractivity contribution < 1.29 is 9.53 Å². The van der Waals surface area contributed by atoms with Crippen molar-refractivity contribution in [3.63, 3.8) is 0 Å². The van der Waals surface area contributed by atoms with E-state index in [1.54, 1.807) is 4.90 Å². The SMILES string of the molecule is CCC(CC)N1CCOC2CN(C(=O)N(C)CC)CC21. The van der Waals surface area contributed by atoms with Gasteiger partial charge >= 0.3 is 6.03 Å². The molecule has 20 heavy (non-hydrogen) atoms. The molecule has 0 bridgehead atoms. The molecule has 2 heterocycles. The van der Waals surface area contributed by atoms with Crippen LogP contribution in [0.4, 0.5) is 4.79 Å². The van der Waals surface area contributed by atoms with Gasteiger partial charge in [0.15, 0.2) is 0 Å². The molecule has 2 amide bonds. The normalized spacial score (nSPS) is 26.9. The number of carbonyl (C=O) groups excluding carboxylic acids is 1. The van der Waals surface area contributed by atoms with E-state index < -0.39 is 0 Å². The van der Waals surface area contributed by atoms with Gasteiger partial charge in [0.2, 0.25) is 0 Å². The second kappa shape index (κ2) is 6.76. The lowest BCUT2D eigenvalue weighted by atomic mass is 10.0. The molecule has 2 aliphatic rings. The van der Waals surface area contributed by atoms with Crippen LogP contribution in [0.15, 0.2) is 0 Å². The average molecular weight is 283 g/mol. The Balaban J connectivity index is 2.04. The van der Waals surface area contributed by atoms with Gasteiger partial charge in [0, 0.05) is 32.7 Å². The first kappa shape index (κ1) is 15.6. The fraction of sp³-hybridized carbons (Fsp3) is 0.933. The third kappa shape index (κ3) is 2.93. The number of hydrogen-bond acceptors (Lipinski definition) is 3. The minimum atomic E-state index is 0.134. The summed E-state index contributed by atoms with van der Waals surface area (Å²) in [5.74, 6) is 0. The van der Waals surface area contributed by atoms with E-state index in [4.69, 9.17) is 4.74 Å². The van der Waals surface area contributed by atoms with Crippen LogP contribution in [0.2, 0.25) is 0 Å². The van der Waals surface area contributed by atoms with Crippen molar-refractivity contribution in [2.75, 3.05) is 39.8 Å². The largest absolute Gasteiger partial charge is 0.373 e. The topological polar surface area (TPSA) is 36.0 Å². The molecule has 2 saturated heterocycles. The van der Waals surface area contributed by atoms with Gasteiger partial charge in [-0.1, -0.05) is 13.8 Å². The minimum Gasteiger partial charge on any atom is -0.373 e. The van der Waals surface area contributed by atoms with Crippen LogP contribution in [0, 0.1) is 0 Å². The van der Waals surface area contributed by atoms with Gasteiger partial charge in [0.25, 0.3) is 0 Å². The Labute approximate surface area is 122 Å². The van der Waals surface area contributed by atoms with Crippen LogP contribution in [0.3, 0.4) is 0 Å². The number of ether oxygens (including phenoxy) is 1. The van der Waals surface area contributed by atoms with E-state index >= 15 is 0 Å². The summed E-state index contributed by atoms with van der Waals surface area (Å²) in [6, 6.07) is 1.13. The molecular formula is C15H29N3O2. The molecule has 5 nitrogen and oxygen atoms in total. The van der Waals surface area contributed by atoms with Crippen molar-refractivity contribution in [3.05, 3.63) is 0 Å². The maximum Gasteiger partial charge on any atom is 0.319 e. The van der Waals surface area contributed by atoms with Crippen molar-refractivity contribution in [1.29, 1.82) is 0 Å². The smallest absolute Gasteiger partial charge is 0.319 e. The van der Waals surface area contributed by atoms with Crippen LogP contribution < -0.4 is 0 Å². The van der Waals surface area contributed by atoms with Gasteiger partial charge in [0.05, 0.1) is 25.3 Å². The molecule has 0 radical (unpaired) electrons. The van der Waals surface area contributed by atoms with Gasteiger partial charge in [-0.25, -0.2) is 4.79 Å². The first-order chi connectivity index (χ1) is 9.62. The van der Waals surface area contributed by atoms with Gasteiger partial charge in [0.1, 0.15) is 0 Å². The highest BCUT2D eigenvalue weighted by Gasteiger charge is 2.43. The third-order valence-corrected chi connectivity index (χ3v) is 4.83. The van der Waals surface area contributed by atoms with E-state index in [2.05, 4.69) is 18.7 Å². The highest BCUT2D eigenvalue weighted by atomic mass is 16.5. The van der Waals surface area contributed by atoms with Gasteiger partial charge in [-0.2, -0.15) is 0 Å². The zero-order chi connectivity index (χ0) is 14.7. The second-order valence-electron chi connectivity index (χ2n) is 5.89. The number of amides is 2. The molecule has 0 spiro atoms. The second-order valence-corrected chi connectivity index (χ2v) is 5.89. The summed E-state index contributed by atoms with van der Waals surface area (Å²) in [7, 11) is 1.86. The number of nitrogens with zero attached hydrogens (tertiary/aromatic N) is 3. The summed E-state index contributed by atoms with van der Waals surface area (Å²) in [5.41, 5.74) is 0. The van der Waals surface area contributed by atoms with Crippen LogP contribution in [0.5, 0.6) is 0 Å². The van der Waals surface area contributed by atoms with Crippen LogP contribution in [0.25, 0.3) is 0 Å². The molecule has 116 valence electrons. The highest BCUT2D eigenvalue weighted by Crippen LogP contribution is 2.27. The van der Waals surface area contributed by atoms with Crippen LogP contribution in [-0.2, 0) is 4.74 Å². The lowest BCUT2D eigenvalue weighted by molar-refractivity contribution is -0.0645. The Morgan fingerprint density at radius 1 is 1.30 bits per heavy atom. The number of fused-ring (bicyclic) bond motifs is 1. The molecular weight excluding hydrogens is 254 g/mol. The Kier molecular flexibility index (Phi) is 5.27. The maximum absolute atomic E-state index is 12.3. The first-order valence-corrected chi connectivity index (χ1v) is 7.99. The molecule has 0 aromatic heterocycles. The molecule has 0 aliphatic carbocycles. The zero-order valence-electron chi connectivity index (χ0n) is 13.3. The van der Waals surface area contributed by atoms with E-state index in [1.807, 2.05) is 18.9 Å².